The van der Waals surface area contributed by atoms with Gasteiger partial charge in [0.1, 0.15) is 11.2 Å². The molecule has 1 nitrogen and oxygen atoms in total. The van der Waals surface area contributed by atoms with Crippen LogP contribution in [0.15, 0.2) is 235 Å². The lowest BCUT2D eigenvalue weighted by molar-refractivity contribution is 0.669. The summed E-state index contributed by atoms with van der Waals surface area (Å²) in [4.78, 5) is 0. The molecule has 0 radical (unpaired) electrons. The summed E-state index contributed by atoms with van der Waals surface area (Å²) < 4.78 is 146. The molecule has 13 rings (SSSR count). The van der Waals surface area contributed by atoms with Crippen LogP contribution in [0.4, 0.5) is 0 Å². The molecule has 0 N–H and O–H groups in total. The van der Waals surface area contributed by atoms with Crippen LogP contribution in [0.2, 0.25) is 0 Å². The van der Waals surface area contributed by atoms with Gasteiger partial charge in [0.2, 0.25) is 0 Å². The van der Waals surface area contributed by atoms with Gasteiger partial charge in [0.15, 0.2) is 0 Å². The third kappa shape index (κ3) is 5.57. The Kier molecular flexibility index (Phi) is 5.32. The Morgan fingerprint density at radius 3 is 1.62 bits per heavy atom. The van der Waals surface area contributed by atoms with E-state index in [9.17, 15) is 15.1 Å². The zero-order valence-electron chi connectivity index (χ0n) is 48.2. The van der Waals surface area contributed by atoms with Crippen LogP contribution in [-0.4, -0.2) is 0 Å². The van der Waals surface area contributed by atoms with Crippen molar-refractivity contribution < 1.29 is 25.0 Å². The average molecular weight is 814 g/mol. The molecule has 292 valence electrons. The molecule has 1 aromatic heterocycles. The summed E-state index contributed by atoms with van der Waals surface area (Å²) in [5.74, 6) is 0. The molecule has 0 aliphatic heterocycles. The van der Waals surface area contributed by atoms with E-state index in [1.54, 1.807) is 36.4 Å². The van der Waals surface area contributed by atoms with Gasteiger partial charge in [-0.25, -0.2) is 0 Å². The maximum atomic E-state index is 9.84. The molecule has 13 aromatic rings. The Morgan fingerprint density at radius 1 is 0.302 bits per heavy atom. The fourth-order valence-electron chi connectivity index (χ4n) is 9.46. The molecule has 0 saturated carbocycles. The van der Waals surface area contributed by atoms with E-state index >= 15 is 0 Å². The van der Waals surface area contributed by atoms with Crippen molar-refractivity contribution in [2.75, 3.05) is 0 Å². The minimum atomic E-state index is -0.645. The lowest BCUT2D eigenvalue weighted by Gasteiger charge is -2.22. The second kappa shape index (κ2) is 14.2. The third-order valence-corrected chi connectivity index (χ3v) is 12.2. The van der Waals surface area contributed by atoms with Gasteiger partial charge in [-0.3, -0.25) is 0 Å². The first kappa shape index (κ1) is 23.7. The third-order valence-electron chi connectivity index (χ3n) is 12.2. The summed E-state index contributed by atoms with van der Waals surface area (Å²) in [5.41, 5.74) is 5.55. The van der Waals surface area contributed by atoms with E-state index in [0.29, 0.717) is 21.7 Å². The number of furan rings is 1. The summed E-state index contributed by atoms with van der Waals surface area (Å²) in [5, 5.41) is 3.33. The Bertz CT molecular complexity index is 4790. The van der Waals surface area contributed by atoms with Gasteiger partial charge in [-0.05, 0) is 134 Å². The Morgan fingerprint density at radius 2 is 0.857 bits per heavy atom. The largest absolute Gasteiger partial charge is 0.456 e. The van der Waals surface area contributed by atoms with Crippen molar-refractivity contribution in [1.82, 2.24) is 0 Å². The predicted molar refractivity (Wildman–Crippen MR) is 268 cm³/mol. The average Bonchev–Trinajstić information content (AvgIpc) is 4.01. The second-order valence-electron chi connectivity index (χ2n) is 15.5. The van der Waals surface area contributed by atoms with E-state index in [1.165, 1.54) is 0 Å². The number of fused-ring (bicyclic) bond motifs is 8. The van der Waals surface area contributed by atoms with Gasteiger partial charge in [-0.2, -0.15) is 0 Å². The molecule has 0 aliphatic carbocycles. The van der Waals surface area contributed by atoms with Crippen LogP contribution < -0.4 is 0 Å². The first-order chi connectivity index (χ1) is 37.5. The molecular formula is C62H38O. The van der Waals surface area contributed by atoms with E-state index < -0.39 is 90.6 Å². The molecule has 0 saturated heterocycles. The van der Waals surface area contributed by atoms with Crippen LogP contribution >= 0.6 is 0 Å². The smallest absolute Gasteiger partial charge is 0.136 e. The van der Waals surface area contributed by atoms with Gasteiger partial charge in [-0.1, -0.05) is 206 Å². The van der Waals surface area contributed by atoms with Crippen molar-refractivity contribution in [3.05, 3.63) is 230 Å². The van der Waals surface area contributed by atoms with Crippen LogP contribution in [-0.2, 0) is 0 Å². The Labute approximate surface area is 385 Å². The number of hydrogen-bond acceptors (Lipinski definition) is 1. The van der Waals surface area contributed by atoms with Crippen molar-refractivity contribution in [2.24, 2.45) is 0 Å². The number of para-hydroxylation sites is 1. The van der Waals surface area contributed by atoms with Gasteiger partial charge in [-0.15, -0.1) is 0 Å². The van der Waals surface area contributed by atoms with E-state index in [0.717, 1.165) is 49.6 Å². The van der Waals surface area contributed by atoms with Gasteiger partial charge in [0, 0.05) is 10.8 Å². The van der Waals surface area contributed by atoms with E-state index in [1.807, 2.05) is 91.0 Å². The lowest BCUT2D eigenvalue weighted by atomic mass is 9.81. The van der Waals surface area contributed by atoms with Crippen molar-refractivity contribution in [3.63, 3.8) is 0 Å². The highest BCUT2D eigenvalue weighted by atomic mass is 16.3. The van der Waals surface area contributed by atoms with E-state index in [4.69, 9.17) is 9.90 Å². The maximum Gasteiger partial charge on any atom is 0.136 e. The highest BCUT2D eigenvalue weighted by Gasteiger charge is 2.22. The molecule has 1 heteroatoms. The summed E-state index contributed by atoms with van der Waals surface area (Å²) in [7, 11) is 0. The molecule has 0 unspecified atom stereocenters. The predicted octanol–water partition coefficient (Wildman–Crippen LogP) is 17.7. The molecule has 0 aliphatic rings. The van der Waals surface area contributed by atoms with Crippen LogP contribution in [0.1, 0.15) is 20.6 Å². The molecule has 12 aromatic carbocycles. The van der Waals surface area contributed by atoms with Crippen molar-refractivity contribution in [2.45, 2.75) is 0 Å². The molecule has 0 bridgehead atoms. The summed E-state index contributed by atoms with van der Waals surface area (Å²) >= 11 is 0. The standard InChI is InChI=1S/C62H38O/c1-2-17-41-37-44(32-31-39(41)15-1)59-46-20-4-3-16-40(46)33-34-56(59)61-52-25-9-7-23-50(52)60(51-24-8-10-26-53(51)61)54-36-35-45(48-21-5-6-22-49(48)54)42-18-13-19-43(38-42)47-28-14-30-58-62(47)55-27-11-12-29-57(55)63-58/h1-38H/i1D,2D,7D,8D,9D,10D,15D,17D,23D,24D,25D,26D,31D,32D,37D. The first-order valence-corrected chi connectivity index (χ1v) is 20.5. The highest BCUT2D eigenvalue weighted by molar-refractivity contribution is 6.26. The number of benzene rings is 12. The van der Waals surface area contributed by atoms with E-state index in [2.05, 4.69) is 12.1 Å². The fraction of sp³-hybridized carbons (Fsp3) is 0. The van der Waals surface area contributed by atoms with Gasteiger partial charge >= 0.3 is 0 Å². The number of hydrogen-bond donors (Lipinski definition) is 0. The molecule has 0 spiro atoms. The molecule has 0 fully saturated rings. The van der Waals surface area contributed by atoms with Gasteiger partial charge in [0.25, 0.3) is 0 Å². The zero-order valence-corrected chi connectivity index (χ0v) is 33.2. The SMILES string of the molecule is [2H]c1c([2H])c([2H])c2c([2H])c(-c3c(-c4c5c([2H])c([2H])c([2H])c([2H])c5c(-c5ccc(-c6cccc(-c7cccc8oc9ccccc9c78)c6)c6ccccc56)c5c([2H])c([2H])c([2H])c([2H])c45)ccc4ccccc34)c([2H])c([2H])c2c1[2H]. The Balaban J connectivity index is 1.16. The van der Waals surface area contributed by atoms with Crippen LogP contribution in [0.5, 0.6) is 0 Å². The van der Waals surface area contributed by atoms with Gasteiger partial charge in [0.05, 0.1) is 20.6 Å². The fourth-order valence-corrected chi connectivity index (χ4v) is 9.46. The Hall–Kier alpha value is -8.26. The minimum Gasteiger partial charge on any atom is -0.456 e. The monoisotopic (exact) mass is 813 g/mol. The van der Waals surface area contributed by atoms with Crippen LogP contribution in [0.3, 0.4) is 0 Å². The van der Waals surface area contributed by atoms with Crippen LogP contribution in [0.25, 0.3) is 131 Å². The van der Waals surface area contributed by atoms with Crippen molar-refractivity contribution in [1.29, 1.82) is 0 Å². The number of rotatable bonds is 5. The molecule has 63 heavy (non-hydrogen) atoms. The second-order valence-corrected chi connectivity index (χ2v) is 15.5. The lowest BCUT2D eigenvalue weighted by Crippen LogP contribution is -1.94. The summed E-state index contributed by atoms with van der Waals surface area (Å²) in [6.07, 6.45) is 0. The topological polar surface area (TPSA) is 13.1 Å². The van der Waals surface area contributed by atoms with Crippen molar-refractivity contribution in [3.8, 4) is 55.6 Å². The minimum absolute atomic E-state index is 0.0537. The van der Waals surface area contributed by atoms with Crippen molar-refractivity contribution >= 4 is 75.8 Å². The summed E-state index contributed by atoms with van der Waals surface area (Å²) in [6, 6.07) is 35.0. The highest BCUT2D eigenvalue weighted by Crippen LogP contribution is 2.50. The normalized spacial score (nSPS) is 15.1. The quantitative estimate of drug-likeness (QED) is 0.158. The zero-order chi connectivity index (χ0) is 54.5. The van der Waals surface area contributed by atoms with Gasteiger partial charge < -0.3 is 4.42 Å². The van der Waals surface area contributed by atoms with E-state index in [-0.39, 0.29) is 60.1 Å². The molecule has 1 heterocycles. The summed E-state index contributed by atoms with van der Waals surface area (Å²) in [6.45, 7) is 0. The molecule has 0 amide bonds. The molecule has 0 atom stereocenters. The first-order valence-electron chi connectivity index (χ1n) is 28.0. The van der Waals surface area contributed by atoms with Crippen LogP contribution in [0, 0.1) is 0 Å². The maximum absolute atomic E-state index is 9.84. The molecular weight excluding hydrogens is 761 g/mol.